The molecule has 0 aliphatic carbocycles. The summed E-state index contributed by atoms with van der Waals surface area (Å²) < 4.78 is 37.0. The third-order valence-corrected chi connectivity index (χ3v) is 2.46. The van der Waals surface area contributed by atoms with E-state index >= 15 is 0 Å². The molecule has 5 heteroatoms. The molecule has 2 aliphatic rings. The van der Waals surface area contributed by atoms with Gasteiger partial charge in [-0.3, -0.25) is 10.2 Å². The first kappa shape index (κ1) is 8.31. The second-order valence-corrected chi connectivity index (χ2v) is 3.36. The Morgan fingerprint density at radius 3 is 2.50 bits per heavy atom. The zero-order valence-electron chi connectivity index (χ0n) is 6.56. The van der Waals surface area contributed by atoms with Crippen LogP contribution in [0.2, 0.25) is 0 Å². The fourth-order valence-electron chi connectivity index (χ4n) is 1.80. The fourth-order valence-corrected chi connectivity index (χ4v) is 1.80. The van der Waals surface area contributed by atoms with Crippen LogP contribution in [0.4, 0.5) is 13.2 Å². The highest BCUT2D eigenvalue weighted by Gasteiger charge is 2.49. The Balaban J connectivity index is 2.03. The molecule has 2 saturated heterocycles. The summed E-state index contributed by atoms with van der Waals surface area (Å²) in [5.41, 5.74) is 0. The molecule has 2 heterocycles. The Labute approximate surface area is 68.7 Å². The number of nitrogens with zero attached hydrogens (tertiary/aromatic N) is 1. The number of hydrogen-bond donors (Lipinski definition) is 1. The number of halogens is 3. The largest absolute Gasteiger partial charge is 0.404 e. The zero-order valence-corrected chi connectivity index (χ0v) is 6.56. The van der Waals surface area contributed by atoms with Gasteiger partial charge in [0.2, 0.25) is 0 Å². The van der Waals surface area contributed by atoms with Crippen molar-refractivity contribution in [3.63, 3.8) is 0 Å². The molecule has 2 nitrogen and oxygen atoms in total. The first-order valence-electron chi connectivity index (χ1n) is 4.15. The molecule has 2 unspecified atom stereocenters. The predicted molar refractivity (Wildman–Crippen MR) is 37.6 cm³/mol. The first-order chi connectivity index (χ1) is 5.59. The van der Waals surface area contributed by atoms with Crippen molar-refractivity contribution < 1.29 is 13.2 Å². The fraction of sp³-hybridized carbons (Fsp3) is 1.00. The maximum Gasteiger partial charge on any atom is 0.404 e. The lowest BCUT2D eigenvalue weighted by atomic mass is 10.2. The van der Waals surface area contributed by atoms with E-state index in [4.69, 9.17) is 0 Å². The van der Waals surface area contributed by atoms with E-state index in [1.54, 1.807) is 0 Å². The third kappa shape index (κ3) is 1.43. The van der Waals surface area contributed by atoms with Gasteiger partial charge in [-0.1, -0.05) is 0 Å². The van der Waals surface area contributed by atoms with Crippen LogP contribution in [0.25, 0.3) is 0 Å². The van der Waals surface area contributed by atoms with Gasteiger partial charge in [0.15, 0.2) is 0 Å². The third-order valence-electron chi connectivity index (χ3n) is 2.46. The van der Waals surface area contributed by atoms with Gasteiger partial charge in [0.05, 0.1) is 6.17 Å². The average Bonchev–Trinajstić information content (AvgIpc) is 2.65. The molecule has 0 aromatic carbocycles. The number of alkyl halides is 3. The van der Waals surface area contributed by atoms with E-state index in [-0.39, 0.29) is 12.6 Å². The van der Waals surface area contributed by atoms with Crippen molar-refractivity contribution in [3.8, 4) is 0 Å². The normalized spacial score (nSPS) is 37.2. The topological polar surface area (TPSA) is 25.2 Å². The highest BCUT2D eigenvalue weighted by molar-refractivity contribution is 4.94. The highest BCUT2D eigenvalue weighted by Crippen LogP contribution is 2.34. The molecule has 0 spiro atoms. The summed E-state index contributed by atoms with van der Waals surface area (Å²) in [4.78, 5) is 1.53. The van der Waals surface area contributed by atoms with Crippen LogP contribution in [0, 0.1) is 0 Å². The second kappa shape index (κ2) is 2.60. The van der Waals surface area contributed by atoms with Gasteiger partial charge in [-0.25, -0.2) is 0 Å². The summed E-state index contributed by atoms with van der Waals surface area (Å²) in [6.45, 7) is 1.30. The second-order valence-electron chi connectivity index (χ2n) is 3.36. The molecule has 2 aliphatic heterocycles. The SMILES string of the molecule is FC(F)(F)C1CCCN1C1CN1. The Hall–Kier alpha value is -0.290. The summed E-state index contributed by atoms with van der Waals surface area (Å²) in [7, 11) is 0. The lowest BCUT2D eigenvalue weighted by Gasteiger charge is -2.25. The summed E-state index contributed by atoms with van der Waals surface area (Å²) in [6, 6.07) is -1.20. The van der Waals surface area contributed by atoms with Crippen LogP contribution < -0.4 is 5.32 Å². The van der Waals surface area contributed by atoms with Crippen molar-refractivity contribution >= 4 is 0 Å². The molecule has 2 rings (SSSR count). The van der Waals surface area contributed by atoms with E-state index in [1.165, 1.54) is 4.90 Å². The quantitative estimate of drug-likeness (QED) is 0.607. The summed E-state index contributed by atoms with van der Waals surface area (Å²) in [5, 5.41) is 2.90. The standard InChI is InChI=1S/C7H11F3N2/c8-7(9,10)5-2-1-3-12(5)6-4-11-6/h5-6,11H,1-4H2. The van der Waals surface area contributed by atoms with Crippen molar-refractivity contribution in [1.82, 2.24) is 10.2 Å². The minimum atomic E-state index is -4.04. The molecule has 12 heavy (non-hydrogen) atoms. The number of hydrogen-bond acceptors (Lipinski definition) is 2. The van der Waals surface area contributed by atoms with Crippen LogP contribution in [0.3, 0.4) is 0 Å². The Bertz CT molecular complexity index is 176. The lowest BCUT2D eigenvalue weighted by Crippen LogP contribution is -2.43. The minimum Gasteiger partial charge on any atom is -0.298 e. The van der Waals surface area contributed by atoms with E-state index in [9.17, 15) is 13.2 Å². The van der Waals surface area contributed by atoms with Gasteiger partial charge in [-0.05, 0) is 12.8 Å². The molecule has 0 bridgehead atoms. The van der Waals surface area contributed by atoms with Crippen LogP contribution in [0.15, 0.2) is 0 Å². The van der Waals surface area contributed by atoms with E-state index < -0.39 is 12.2 Å². The molecule has 0 aromatic heterocycles. The van der Waals surface area contributed by atoms with Gasteiger partial charge in [0.25, 0.3) is 0 Å². The number of likely N-dealkylation sites (tertiary alicyclic amines) is 1. The van der Waals surface area contributed by atoms with Crippen molar-refractivity contribution in [3.05, 3.63) is 0 Å². The van der Waals surface area contributed by atoms with Gasteiger partial charge in [-0.15, -0.1) is 0 Å². The highest BCUT2D eigenvalue weighted by atomic mass is 19.4. The maximum absolute atomic E-state index is 12.3. The maximum atomic E-state index is 12.3. The molecule has 1 N–H and O–H groups in total. The summed E-state index contributed by atoms with van der Waals surface area (Å²) in [5.74, 6) is 0. The lowest BCUT2D eigenvalue weighted by molar-refractivity contribution is -0.177. The van der Waals surface area contributed by atoms with E-state index in [0.29, 0.717) is 19.5 Å². The minimum absolute atomic E-state index is 0.000810. The van der Waals surface area contributed by atoms with Gasteiger partial charge >= 0.3 is 6.18 Å². The Morgan fingerprint density at radius 2 is 2.00 bits per heavy atom. The van der Waals surface area contributed by atoms with Crippen LogP contribution in [0.1, 0.15) is 12.8 Å². The van der Waals surface area contributed by atoms with E-state index in [0.717, 1.165) is 0 Å². The first-order valence-corrected chi connectivity index (χ1v) is 4.15. The van der Waals surface area contributed by atoms with Crippen LogP contribution >= 0.6 is 0 Å². The Morgan fingerprint density at radius 1 is 1.33 bits per heavy atom. The van der Waals surface area contributed by atoms with Gasteiger partial charge in [0, 0.05) is 13.1 Å². The molecule has 2 atom stereocenters. The van der Waals surface area contributed by atoms with Gasteiger partial charge in [0.1, 0.15) is 6.04 Å². The van der Waals surface area contributed by atoms with Crippen LogP contribution in [0.5, 0.6) is 0 Å². The molecule has 0 amide bonds. The van der Waals surface area contributed by atoms with Crippen LogP contribution in [-0.4, -0.2) is 36.4 Å². The molecule has 70 valence electrons. The monoisotopic (exact) mass is 180 g/mol. The molecule has 0 saturated carbocycles. The molecule has 0 radical (unpaired) electrons. The van der Waals surface area contributed by atoms with Crippen molar-refractivity contribution in [2.45, 2.75) is 31.2 Å². The number of nitrogens with one attached hydrogen (secondary N) is 1. The van der Waals surface area contributed by atoms with Crippen molar-refractivity contribution in [2.24, 2.45) is 0 Å². The summed E-state index contributed by atoms with van der Waals surface area (Å²) in [6.07, 6.45) is -3.11. The molecular formula is C7H11F3N2. The van der Waals surface area contributed by atoms with E-state index in [2.05, 4.69) is 5.32 Å². The van der Waals surface area contributed by atoms with Crippen molar-refractivity contribution in [1.29, 1.82) is 0 Å². The smallest absolute Gasteiger partial charge is 0.298 e. The molecular weight excluding hydrogens is 169 g/mol. The summed E-state index contributed by atoms with van der Waals surface area (Å²) >= 11 is 0. The van der Waals surface area contributed by atoms with Crippen LogP contribution in [-0.2, 0) is 0 Å². The zero-order chi connectivity index (χ0) is 8.77. The predicted octanol–water partition coefficient (Wildman–Crippen LogP) is 0.942. The molecule has 0 aromatic rings. The average molecular weight is 180 g/mol. The van der Waals surface area contributed by atoms with Crippen molar-refractivity contribution in [2.75, 3.05) is 13.1 Å². The number of rotatable bonds is 1. The molecule has 2 fully saturated rings. The van der Waals surface area contributed by atoms with Gasteiger partial charge < -0.3 is 0 Å². The van der Waals surface area contributed by atoms with Gasteiger partial charge in [-0.2, -0.15) is 13.2 Å². The Kier molecular flexibility index (Phi) is 1.80. The van der Waals surface area contributed by atoms with E-state index in [1.807, 2.05) is 0 Å².